The Morgan fingerprint density at radius 3 is 2.52 bits per heavy atom. The lowest BCUT2D eigenvalue weighted by atomic mass is 9.83. The highest BCUT2D eigenvalue weighted by Gasteiger charge is 2.49. The van der Waals surface area contributed by atoms with Gasteiger partial charge < -0.3 is 35.4 Å². The number of ether oxygens (including phenoxy) is 2. The monoisotopic (exact) mass is 480 g/mol. The molecule has 0 bridgehead atoms. The van der Waals surface area contributed by atoms with Gasteiger partial charge >= 0.3 is 0 Å². The summed E-state index contributed by atoms with van der Waals surface area (Å²) in [6.45, 7) is 7.51. The first-order valence-corrected chi connectivity index (χ1v) is 12.9. The molecule has 0 aliphatic carbocycles. The van der Waals surface area contributed by atoms with Crippen LogP contribution >= 0.6 is 23.4 Å². The number of hydrogen-bond acceptors (Lipinski definition) is 8. The highest BCUT2D eigenvalue weighted by molar-refractivity contribution is 7.99. The summed E-state index contributed by atoms with van der Waals surface area (Å²) in [5, 5.41) is 36.6. The van der Waals surface area contributed by atoms with E-state index in [1.54, 1.807) is 13.2 Å². The molecule has 0 spiro atoms. The topological polar surface area (TPSA) is 120 Å². The van der Waals surface area contributed by atoms with Crippen LogP contribution in [0.4, 0.5) is 0 Å². The Bertz CT molecular complexity index is 612. The first-order valence-electron chi connectivity index (χ1n) is 11.2. The molecule has 0 aromatic rings. The average Bonchev–Trinajstić information content (AvgIpc) is 3.00. The number of aliphatic hydroxyl groups is 3. The van der Waals surface area contributed by atoms with E-state index < -0.39 is 47.3 Å². The predicted octanol–water partition coefficient (Wildman–Crippen LogP) is 0.308. The zero-order valence-corrected chi connectivity index (χ0v) is 20.2. The van der Waals surface area contributed by atoms with Crippen LogP contribution in [0.3, 0.4) is 0 Å². The number of amides is 1. The van der Waals surface area contributed by atoms with Gasteiger partial charge in [0.2, 0.25) is 5.91 Å². The van der Waals surface area contributed by atoms with Crippen LogP contribution in [-0.2, 0) is 14.3 Å². The summed E-state index contributed by atoms with van der Waals surface area (Å²) in [7, 11) is 0. The van der Waals surface area contributed by atoms with Gasteiger partial charge in [0.15, 0.2) is 0 Å². The molecule has 0 saturated carbocycles. The summed E-state index contributed by atoms with van der Waals surface area (Å²) in [4.78, 5) is 13.2. The Balaban J connectivity index is 1.70. The van der Waals surface area contributed by atoms with Gasteiger partial charge in [-0.2, -0.15) is 0 Å². The average molecular weight is 481 g/mol. The van der Waals surface area contributed by atoms with E-state index >= 15 is 0 Å². The van der Waals surface area contributed by atoms with Crippen molar-refractivity contribution in [1.29, 1.82) is 0 Å². The number of thioether (sulfide) groups is 1. The fourth-order valence-electron chi connectivity index (χ4n) is 5.02. The molecule has 5 N–H and O–H groups in total. The number of aliphatic hydroxyl groups excluding tert-OH is 3. The molecule has 10 heteroatoms. The second-order valence-corrected chi connectivity index (χ2v) is 11.0. The molecule has 3 rings (SSSR count). The summed E-state index contributed by atoms with van der Waals surface area (Å²) in [5.41, 5.74) is -0.731. The smallest absolute Gasteiger partial charge is 0.240 e. The molecule has 0 radical (unpaired) electrons. The molecule has 2 unspecified atom stereocenters. The van der Waals surface area contributed by atoms with Crippen LogP contribution in [0.2, 0.25) is 0 Å². The van der Waals surface area contributed by atoms with E-state index in [4.69, 9.17) is 21.1 Å². The van der Waals surface area contributed by atoms with Gasteiger partial charge in [-0.05, 0) is 43.8 Å². The van der Waals surface area contributed by atoms with E-state index in [-0.39, 0.29) is 17.9 Å². The normalized spacial score (nSPS) is 43.2. The van der Waals surface area contributed by atoms with Crippen molar-refractivity contribution in [1.82, 2.24) is 10.6 Å². The van der Waals surface area contributed by atoms with E-state index in [2.05, 4.69) is 24.5 Å². The zero-order chi connectivity index (χ0) is 22.9. The molecule has 3 aliphatic heterocycles. The van der Waals surface area contributed by atoms with Crippen LogP contribution < -0.4 is 10.6 Å². The standard InChI is InChI=1S/C21H37ClN2O6S/c1-9(2)11-5-6-29-18-12(7-11)8-23-14(18)20(28)24-13(10(3)22)19-16(26)15(25)17(27)21(30-19)31-4/h9-19,21,23,25-27H,5-8H2,1-4H3,(H,24,28)/t10-,11-,12-,13+,14-,15?,16-,17+,18+,19+,21?/m0/s1. The maximum absolute atomic E-state index is 13.2. The van der Waals surface area contributed by atoms with Crippen molar-refractivity contribution in [2.24, 2.45) is 17.8 Å². The number of hydrogen-bond donors (Lipinski definition) is 5. The molecular weight excluding hydrogens is 444 g/mol. The van der Waals surface area contributed by atoms with E-state index in [9.17, 15) is 20.1 Å². The lowest BCUT2D eigenvalue weighted by Gasteiger charge is -2.44. The Morgan fingerprint density at radius 1 is 1.19 bits per heavy atom. The van der Waals surface area contributed by atoms with E-state index in [1.165, 1.54) is 11.8 Å². The summed E-state index contributed by atoms with van der Waals surface area (Å²) in [6.07, 6.45) is -1.40. The quantitative estimate of drug-likeness (QED) is 0.344. The van der Waals surface area contributed by atoms with Crippen LogP contribution in [0.25, 0.3) is 0 Å². The summed E-state index contributed by atoms with van der Waals surface area (Å²) >= 11 is 7.60. The molecular formula is C21H37ClN2O6S. The van der Waals surface area contributed by atoms with Crippen molar-refractivity contribution in [3.63, 3.8) is 0 Å². The molecule has 3 saturated heterocycles. The number of rotatable bonds is 6. The minimum Gasteiger partial charge on any atom is -0.388 e. The van der Waals surface area contributed by atoms with Gasteiger partial charge in [-0.25, -0.2) is 0 Å². The molecule has 0 aromatic carbocycles. The Morgan fingerprint density at radius 2 is 1.90 bits per heavy atom. The molecule has 11 atom stereocenters. The predicted molar refractivity (Wildman–Crippen MR) is 120 cm³/mol. The third-order valence-corrected chi connectivity index (χ3v) is 8.15. The Labute approximate surface area is 193 Å². The van der Waals surface area contributed by atoms with Gasteiger partial charge in [-0.15, -0.1) is 23.4 Å². The van der Waals surface area contributed by atoms with Gasteiger partial charge in [0, 0.05) is 13.2 Å². The molecule has 31 heavy (non-hydrogen) atoms. The van der Waals surface area contributed by atoms with Gasteiger partial charge in [0.05, 0.1) is 17.5 Å². The van der Waals surface area contributed by atoms with Crippen molar-refractivity contribution in [3.05, 3.63) is 0 Å². The van der Waals surface area contributed by atoms with Crippen molar-refractivity contribution >= 4 is 29.3 Å². The lowest BCUT2D eigenvalue weighted by molar-refractivity contribution is -0.205. The number of alkyl halides is 1. The van der Waals surface area contributed by atoms with Crippen LogP contribution in [0, 0.1) is 17.8 Å². The van der Waals surface area contributed by atoms with Gasteiger partial charge in [-0.1, -0.05) is 13.8 Å². The number of nitrogens with one attached hydrogen (secondary N) is 2. The SMILES string of the molecule is CSC1O[C@H]([C@H](NC(=O)[C@H]2NC[C@@H]3C[C@@H](C(C)C)CCO[C@H]32)[C@H](C)Cl)[C@@H](O)C(O)[C@H]1O. The lowest BCUT2D eigenvalue weighted by Crippen LogP contribution is -2.65. The number of carbonyl (C=O) groups is 1. The molecule has 1 amide bonds. The molecule has 180 valence electrons. The van der Waals surface area contributed by atoms with Crippen molar-refractivity contribution < 1.29 is 29.6 Å². The number of halogens is 1. The maximum Gasteiger partial charge on any atom is 0.240 e. The molecule has 8 nitrogen and oxygen atoms in total. The summed E-state index contributed by atoms with van der Waals surface area (Å²) in [6, 6.07) is -1.27. The van der Waals surface area contributed by atoms with Crippen molar-refractivity contribution in [2.45, 2.75) is 87.0 Å². The highest BCUT2D eigenvalue weighted by atomic mass is 35.5. The summed E-state index contributed by atoms with van der Waals surface area (Å²) in [5.74, 6) is 1.17. The second-order valence-electron chi connectivity index (χ2n) is 9.40. The van der Waals surface area contributed by atoms with Crippen LogP contribution in [0.1, 0.15) is 33.6 Å². The number of fused-ring (bicyclic) bond motifs is 1. The first-order chi connectivity index (χ1) is 14.6. The second kappa shape index (κ2) is 10.9. The third-order valence-electron chi connectivity index (χ3n) is 7.02. The Hall–Kier alpha value is -0.130. The molecule has 3 fully saturated rings. The molecule has 3 heterocycles. The molecule has 3 aliphatic rings. The maximum atomic E-state index is 13.2. The van der Waals surface area contributed by atoms with Crippen molar-refractivity contribution in [3.8, 4) is 0 Å². The Kier molecular flexibility index (Phi) is 8.93. The van der Waals surface area contributed by atoms with Crippen LogP contribution in [0.5, 0.6) is 0 Å². The van der Waals surface area contributed by atoms with E-state index in [0.29, 0.717) is 18.4 Å². The van der Waals surface area contributed by atoms with Gasteiger partial charge in [-0.3, -0.25) is 4.79 Å². The minimum atomic E-state index is -1.39. The minimum absolute atomic E-state index is 0.210. The highest BCUT2D eigenvalue weighted by Crippen LogP contribution is 2.34. The van der Waals surface area contributed by atoms with Gasteiger partial charge in [0.25, 0.3) is 0 Å². The largest absolute Gasteiger partial charge is 0.388 e. The van der Waals surface area contributed by atoms with Crippen LogP contribution in [0.15, 0.2) is 0 Å². The first kappa shape index (κ1) is 25.5. The number of carbonyl (C=O) groups excluding carboxylic acids is 1. The zero-order valence-electron chi connectivity index (χ0n) is 18.6. The van der Waals surface area contributed by atoms with Crippen LogP contribution in [-0.4, -0.2) is 94.1 Å². The summed E-state index contributed by atoms with van der Waals surface area (Å²) < 4.78 is 11.9. The molecule has 0 aromatic heterocycles. The van der Waals surface area contributed by atoms with E-state index in [1.807, 2.05) is 0 Å². The fourth-order valence-corrected chi connectivity index (χ4v) is 5.91. The van der Waals surface area contributed by atoms with Gasteiger partial charge in [0.1, 0.15) is 35.9 Å². The van der Waals surface area contributed by atoms with E-state index in [0.717, 1.165) is 19.4 Å². The third kappa shape index (κ3) is 5.51. The van der Waals surface area contributed by atoms with Crippen molar-refractivity contribution in [2.75, 3.05) is 19.4 Å². The fraction of sp³-hybridized carbons (Fsp3) is 0.952.